The predicted molar refractivity (Wildman–Crippen MR) is 118 cm³/mol. The third-order valence-electron chi connectivity index (χ3n) is 4.97. The molecule has 0 fully saturated rings. The lowest BCUT2D eigenvalue weighted by atomic mass is 10.1. The van der Waals surface area contributed by atoms with E-state index in [0.717, 1.165) is 36.1 Å². The number of ether oxygens (including phenoxy) is 1. The van der Waals surface area contributed by atoms with Crippen LogP contribution in [-0.2, 0) is 29.9 Å². The van der Waals surface area contributed by atoms with Gasteiger partial charge in [0.15, 0.2) is 5.11 Å². The lowest BCUT2D eigenvalue weighted by Gasteiger charge is -2.16. The average Bonchev–Trinajstić information content (AvgIpc) is 2.87. The maximum absolute atomic E-state index is 13.1. The molecule has 0 spiro atoms. The van der Waals surface area contributed by atoms with Crippen molar-refractivity contribution < 1.29 is 35.9 Å². The van der Waals surface area contributed by atoms with Crippen molar-refractivity contribution in [2.75, 3.05) is 17.2 Å². The van der Waals surface area contributed by atoms with Gasteiger partial charge in [-0.1, -0.05) is 6.42 Å². The number of thiocarbonyl (C=S) groups is 1. The number of hydrogen-bond acceptors (Lipinski definition) is 4. The zero-order valence-electron chi connectivity index (χ0n) is 17.4. The molecular weight excluding hydrogens is 490 g/mol. The summed E-state index contributed by atoms with van der Waals surface area (Å²) in [4.78, 5) is 13.6. The first-order chi connectivity index (χ1) is 15.4. The highest BCUT2D eigenvalue weighted by atomic mass is 32.1. The minimum absolute atomic E-state index is 0.0385. The first-order valence-electron chi connectivity index (χ1n) is 10.1. The summed E-state index contributed by atoms with van der Waals surface area (Å²) in [5.74, 6) is -0.555. The fraction of sp³-hybridized carbons (Fsp3) is 0.429. The van der Waals surface area contributed by atoms with E-state index in [1.54, 1.807) is 6.92 Å². The number of alkyl halides is 6. The Hall–Kier alpha value is -2.34. The van der Waals surface area contributed by atoms with E-state index in [1.165, 1.54) is 11.3 Å². The SMILES string of the molecule is CCOC(=O)c1c(NC(=S)Nc2cc(C(F)(F)F)cc(C(F)(F)F)c2)sc2c1CCCCC2. The summed E-state index contributed by atoms with van der Waals surface area (Å²) in [5, 5.41) is 5.25. The van der Waals surface area contributed by atoms with E-state index in [1.807, 2.05) is 0 Å². The molecule has 2 aromatic rings. The van der Waals surface area contributed by atoms with E-state index in [0.29, 0.717) is 29.1 Å². The summed E-state index contributed by atoms with van der Waals surface area (Å²) >= 11 is 6.42. The fourth-order valence-electron chi connectivity index (χ4n) is 3.54. The molecule has 0 atom stereocenters. The van der Waals surface area contributed by atoms with Gasteiger partial charge < -0.3 is 15.4 Å². The lowest BCUT2D eigenvalue weighted by Crippen LogP contribution is -2.21. The maximum atomic E-state index is 13.1. The summed E-state index contributed by atoms with van der Waals surface area (Å²) in [6.45, 7) is 1.81. The van der Waals surface area contributed by atoms with Gasteiger partial charge in [0.1, 0.15) is 5.00 Å². The van der Waals surface area contributed by atoms with E-state index in [9.17, 15) is 31.1 Å². The summed E-state index contributed by atoms with van der Waals surface area (Å²) < 4.78 is 83.8. The van der Waals surface area contributed by atoms with Crippen LogP contribution in [-0.4, -0.2) is 17.7 Å². The molecule has 1 aliphatic rings. The number of esters is 1. The predicted octanol–water partition coefficient (Wildman–Crippen LogP) is 7.04. The summed E-state index contributed by atoms with van der Waals surface area (Å²) in [6, 6.07) is 1.12. The van der Waals surface area contributed by atoms with Gasteiger partial charge in [0.25, 0.3) is 0 Å². The topological polar surface area (TPSA) is 50.4 Å². The molecular formula is C21H20F6N2O2S2. The number of anilines is 2. The zero-order valence-corrected chi connectivity index (χ0v) is 19.0. The molecule has 1 heterocycles. The molecule has 0 saturated heterocycles. The van der Waals surface area contributed by atoms with Crippen molar-refractivity contribution in [3.63, 3.8) is 0 Å². The van der Waals surface area contributed by atoms with E-state index < -0.39 is 35.1 Å². The highest BCUT2D eigenvalue weighted by Gasteiger charge is 2.37. The Morgan fingerprint density at radius 3 is 2.18 bits per heavy atom. The van der Waals surface area contributed by atoms with Crippen LogP contribution in [0.25, 0.3) is 0 Å². The number of carbonyl (C=O) groups is 1. The van der Waals surface area contributed by atoms with Crippen molar-refractivity contribution in [1.29, 1.82) is 0 Å². The molecule has 33 heavy (non-hydrogen) atoms. The molecule has 1 aliphatic carbocycles. The molecule has 0 bridgehead atoms. The molecule has 1 aromatic carbocycles. The molecule has 0 radical (unpaired) electrons. The van der Waals surface area contributed by atoms with Crippen molar-refractivity contribution in [3.05, 3.63) is 45.3 Å². The fourth-order valence-corrected chi connectivity index (χ4v) is 5.11. The first-order valence-corrected chi connectivity index (χ1v) is 11.3. The number of nitrogens with one attached hydrogen (secondary N) is 2. The molecule has 12 heteroatoms. The highest BCUT2D eigenvalue weighted by molar-refractivity contribution is 7.80. The van der Waals surface area contributed by atoms with Crippen LogP contribution in [0.15, 0.2) is 18.2 Å². The number of rotatable bonds is 4. The van der Waals surface area contributed by atoms with Crippen molar-refractivity contribution in [3.8, 4) is 0 Å². The van der Waals surface area contributed by atoms with Crippen LogP contribution in [0.5, 0.6) is 0 Å². The first kappa shape index (κ1) is 25.3. The molecule has 3 rings (SSSR count). The van der Waals surface area contributed by atoms with Crippen LogP contribution in [0.3, 0.4) is 0 Å². The number of benzene rings is 1. The second-order valence-electron chi connectivity index (χ2n) is 7.36. The Kier molecular flexibility index (Phi) is 7.57. The molecule has 2 N–H and O–H groups in total. The van der Waals surface area contributed by atoms with Gasteiger partial charge in [-0.3, -0.25) is 0 Å². The largest absolute Gasteiger partial charge is 0.462 e. The summed E-state index contributed by atoms with van der Waals surface area (Å²) in [5.41, 5.74) is -2.25. The Balaban J connectivity index is 1.90. The molecule has 4 nitrogen and oxygen atoms in total. The Morgan fingerprint density at radius 1 is 1.00 bits per heavy atom. The van der Waals surface area contributed by atoms with E-state index in [-0.39, 0.29) is 17.8 Å². The number of halogens is 6. The van der Waals surface area contributed by atoms with Crippen LogP contribution in [0, 0.1) is 0 Å². The molecule has 0 saturated carbocycles. The van der Waals surface area contributed by atoms with Crippen LogP contribution >= 0.6 is 23.6 Å². The lowest BCUT2D eigenvalue weighted by molar-refractivity contribution is -0.143. The molecule has 0 aliphatic heterocycles. The third-order valence-corrected chi connectivity index (χ3v) is 6.38. The minimum Gasteiger partial charge on any atom is -0.462 e. The second kappa shape index (κ2) is 9.88. The summed E-state index contributed by atoms with van der Waals surface area (Å²) in [6.07, 6.45) is -5.67. The van der Waals surface area contributed by atoms with Crippen molar-refractivity contribution >= 4 is 45.3 Å². The van der Waals surface area contributed by atoms with Crippen LogP contribution in [0.2, 0.25) is 0 Å². The van der Waals surface area contributed by atoms with Gasteiger partial charge >= 0.3 is 18.3 Å². The van der Waals surface area contributed by atoms with Gasteiger partial charge in [0.2, 0.25) is 0 Å². The average molecular weight is 511 g/mol. The van der Waals surface area contributed by atoms with Crippen molar-refractivity contribution in [2.24, 2.45) is 0 Å². The molecule has 180 valence electrons. The van der Waals surface area contributed by atoms with Crippen LogP contribution in [0.1, 0.15) is 58.1 Å². The molecule has 0 amide bonds. The van der Waals surface area contributed by atoms with Crippen molar-refractivity contribution in [1.82, 2.24) is 0 Å². The summed E-state index contributed by atoms with van der Waals surface area (Å²) in [7, 11) is 0. The normalized spacial score (nSPS) is 14.3. The molecule has 1 aromatic heterocycles. The van der Waals surface area contributed by atoms with Gasteiger partial charge in [0.05, 0.1) is 23.3 Å². The van der Waals surface area contributed by atoms with Gasteiger partial charge in [0, 0.05) is 10.6 Å². The standard InChI is InChI=1S/C21H20F6N2O2S2/c1-2-31-18(30)16-14-6-4-3-5-7-15(14)33-17(16)29-19(32)28-13-9-11(20(22,23)24)8-12(10-13)21(25,26)27/h8-10H,2-7H2,1H3,(H2,28,29,32). The molecule has 0 unspecified atom stereocenters. The number of aryl methyl sites for hydroxylation is 1. The Labute approximate surface area is 195 Å². The van der Waals surface area contributed by atoms with E-state index >= 15 is 0 Å². The van der Waals surface area contributed by atoms with Gasteiger partial charge in [-0.05, 0) is 68.6 Å². The van der Waals surface area contributed by atoms with Gasteiger partial charge in [-0.15, -0.1) is 11.3 Å². The van der Waals surface area contributed by atoms with E-state index in [2.05, 4.69) is 10.6 Å². The van der Waals surface area contributed by atoms with Gasteiger partial charge in [-0.25, -0.2) is 4.79 Å². The zero-order chi connectivity index (χ0) is 24.4. The van der Waals surface area contributed by atoms with Crippen LogP contribution in [0.4, 0.5) is 37.0 Å². The van der Waals surface area contributed by atoms with E-state index in [4.69, 9.17) is 17.0 Å². The number of carbonyl (C=O) groups excluding carboxylic acids is 1. The smallest absolute Gasteiger partial charge is 0.416 e. The van der Waals surface area contributed by atoms with Crippen molar-refractivity contribution in [2.45, 2.75) is 51.4 Å². The maximum Gasteiger partial charge on any atom is 0.416 e. The number of hydrogen-bond donors (Lipinski definition) is 2. The number of thiophene rings is 1. The highest BCUT2D eigenvalue weighted by Crippen LogP contribution is 2.39. The number of fused-ring (bicyclic) bond motifs is 1. The van der Waals surface area contributed by atoms with Crippen LogP contribution < -0.4 is 10.6 Å². The second-order valence-corrected chi connectivity index (χ2v) is 8.88. The minimum atomic E-state index is -4.98. The Morgan fingerprint density at radius 2 is 1.61 bits per heavy atom. The third kappa shape index (κ3) is 6.17. The Bertz CT molecular complexity index is 1010. The quantitative estimate of drug-likeness (QED) is 0.200. The monoisotopic (exact) mass is 510 g/mol. The van der Waals surface area contributed by atoms with Gasteiger partial charge in [-0.2, -0.15) is 26.3 Å².